The van der Waals surface area contributed by atoms with E-state index in [0.717, 1.165) is 6.29 Å². The van der Waals surface area contributed by atoms with Crippen LogP contribution in [-0.2, 0) is 9.59 Å². The van der Waals surface area contributed by atoms with Crippen LogP contribution in [0.25, 0.3) is 0 Å². The van der Waals surface area contributed by atoms with Gasteiger partial charge in [0.05, 0.1) is 6.07 Å². The summed E-state index contributed by atoms with van der Waals surface area (Å²) < 4.78 is 0. The molecule has 88 valence electrons. The molecular formula is C10H22K2N2O2-2. The standard InChI is InChI=1S/C3H5N.C3H6O.CN.CHO.2CH3.2K.2H2/c2*1-2-3-4;2*1-2;;;;;;/h2H2,1H3;3H,2H2,1H3;;1H;2*1H3;;;2*1H/q;;4*-1;2*+1;;. The van der Waals surface area contributed by atoms with E-state index in [1.165, 1.54) is 0 Å². The van der Waals surface area contributed by atoms with Crippen molar-refractivity contribution in [2.45, 2.75) is 26.7 Å². The number of nitriles is 1. The summed E-state index contributed by atoms with van der Waals surface area (Å²) >= 11 is 0. The fourth-order valence-electron chi connectivity index (χ4n) is 0. The van der Waals surface area contributed by atoms with Gasteiger partial charge in [0.15, 0.2) is 0 Å². The Morgan fingerprint density at radius 1 is 1.25 bits per heavy atom. The van der Waals surface area contributed by atoms with E-state index in [9.17, 15) is 4.79 Å². The van der Waals surface area contributed by atoms with Crippen molar-refractivity contribution >= 4 is 13.1 Å². The molecule has 0 unspecified atom stereocenters. The summed E-state index contributed by atoms with van der Waals surface area (Å²) in [6, 6.07) is 1.93. The maximum atomic E-state index is 9.17. The van der Waals surface area contributed by atoms with Crippen molar-refractivity contribution in [1.82, 2.24) is 0 Å². The van der Waals surface area contributed by atoms with Crippen LogP contribution in [0, 0.1) is 38.0 Å². The van der Waals surface area contributed by atoms with Crippen molar-refractivity contribution in [2.24, 2.45) is 0 Å². The molecule has 0 aromatic carbocycles. The largest absolute Gasteiger partial charge is 1.00 e. The van der Waals surface area contributed by atoms with Crippen LogP contribution in [0.2, 0.25) is 0 Å². The molecule has 6 heteroatoms. The van der Waals surface area contributed by atoms with Gasteiger partial charge in [-0.05, 0) is 0 Å². The molecule has 0 aromatic heterocycles. The minimum Gasteiger partial charge on any atom is -0.545 e. The first-order valence-electron chi connectivity index (χ1n) is 3.09. The second-order valence-corrected chi connectivity index (χ2v) is 1.09. The minimum absolute atomic E-state index is 0. The topological polar surface area (TPSA) is 81.7 Å². The summed E-state index contributed by atoms with van der Waals surface area (Å²) in [5, 5.41) is 13.9. The summed E-state index contributed by atoms with van der Waals surface area (Å²) in [4.78, 5) is 16.9. The van der Waals surface area contributed by atoms with Crippen LogP contribution in [0.15, 0.2) is 0 Å². The Morgan fingerprint density at radius 3 is 1.38 bits per heavy atom. The third kappa shape index (κ3) is 257. The Morgan fingerprint density at radius 2 is 1.38 bits per heavy atom. The van der Waals surface area contributed by atoms with Gasteiger partial charge in [0.1, 0.15) is 6.29 Å². The number of rotatable bonds is 1. The molecule has 0 bridgehead atoms. The molecule has 0 radical (unpaired) electrons. The number of carbonyl (C=O) groups is 1. The predicted molar refractivity (Wildman–Crippen MR) is 61.0 cm³/mol. The molecule has 0 heterocycles. The fraction of sp³-hybridized carbons (Fsp3) is 0.400. The Labute approximate surface area is 189 Å². The number of aldehydes is 1. The van der Waals surface area contributed by atoms with E-state index < -0.39 is 0 Å². The maximum Gasteiger partial charge on any atom is 1.00 e. The van der Waals surface area contributed by atoms with Gasteiger partial charge in [-0.25, -0.2) is 0 Å². The second kappa shape index (κ2) is 129. The first-order chi connectivity index (χ1) is 5.83. The van der Waals surface area contributed by atoms with E-state index in [0.29, 0.717) is 12.8 Å². The molecule has 0 saturated heterocycles. The quantitative estimate of drug-likeness (QED) is 0.287. The summed E-state index contributed by atoms with van der Waals surface area (Å²) in [6.07, 6.45) is 2.14. The van der Waals surface area contributed by atoms with E-state index in [1.807, 2.05) is 19.9 Å². The van der Waals surface area contributed by atoms with Crippen LogP contribution in [0.1, 0.15) is 29.5 Å². The zero-order valence-electron chi connectivity index (χ0n) is 11.3. The SMILES string of the molecule is CCC#N.CCC=O.[C-]#N.[CH-]=O.[CH3-].[CH3-].[HH].[HH].[K+].[K+]. The predicted octanol–water partition coefficient (Wildman–Crippen LogP) is -3.26. The van der Waals surface area contributed by atoms with Gasteiger partial charge in [-0.1, -0.05) is 13.8 Å². The first kappa shape index (κ1) is 52.6. The molecule has 0 fully saturated rings. The third-order valence-corrected chi connectivity index (χ3v) is 0.325. The van der Waals surface area contributed by atoms with Crippen molar-refractivity contribution in [3.8, 4) is 6.07 Å². The molecule has 0 aliphatic rings. The van der Waals surface area contributed by atoms with E-state index >= 15 is 0 Å². The van der Waals surface area contributed by atoms with Crippen LogP contribution in [0.3, 0.4) is 0 Å². The monoisotopic (exact) mass is 280 g/mol. The van der Waals surface area contributed by atoms with Crippen LogP contribution >= 0.6 is 0 Å². The molecule has 0 aromatic rings. The fourth-order valence-corrected chi connectivity index (χ4v) is 0. The Bertz CT molecular complexity index is 135. The van der Waals surface area contributed by atoms with Gasteiger partial charge in [0.2, 0.25) is 0 Å². The van der Waals surface area contributed by atoms with Gasteiger partial charge in [-0.2, -0.15) is 5.26 Å². The average Bonchev–Trinajstić information content (AvgIpc) is 2.23. The van der Waals surface area contributed by atoms with Gasteiger partial charge in [-0.15, -0.1) is 0 Å². The number of carbonyl (C=O) groups excluding carboxylic acids is 2. The van der Waals surface area contributed by atoms with E-state index in [1.54, 1.807) is 0 Å². The molecule has 0 spiro atoms. The van der Waals surface area contributed by atoms with Crippen molar-refractivity contribution in [1.29, 1.82) is 10.5 Å². The number of hydrogen-bond donors (Lipinski definition) is 0. The Balaban J connectivity index is -0.00000000554. The van der Waals surface area contributed by atoms with Gasteiger partial charge in [0.25, 0.3) is 0 Å². The zero-order chi connectivity index (χ0) is 10.8. The summed E-state index contributed by atoms with van der Waals surface area (Å²) in [6.45, 7) is 11.6. The van der Waals surface area contributed by atoms with Crippen molar-refractivity contribution in [3.63, 3.8) is 0 Å². The van der Waals surface area contributed by atoms with E-state index in [4.69, 9.17) is 21.9 Å². The van der Waals surface area contributed by atoms with Gasteiger partial charge >= 0.3 is 103 Å². The number of hydrogen-bond acceptors (Lipinski definition) is 4. The number of nitrogens with zero attached hydrogens (tertiary/aromatic N) is 2. The van der Waals surface area contributed by atoms with E-state index in [-0.39, 0.29) is 120 Å². The van der Waals surface area contributed by atoms with Crippen molar-refractivity contribution in [3.05, 3.63) is 21.4 Å². The van der Waals surface area contributed by atoms with Gasteiger partial charge < -0.3 is 36.3 Å². The maximum absolute atomic E-state index is 9.17. The van der Waals surface area contributed by atoms with Crippen molar-refractivity contribution in [2.75, 3.05) is 0 Å². The van der Waals surface area contributed by atoms with Gasteiger partial charge in [0, 0.05) is 15.7 Å². The second-order valence-electron chi connectivity index (χ2n) is 1.09. The molecule has 16 heavy (non-hydrogen) atoms. The summed E-state index contributed by atoms with van der Waals surface area (Å²) in [7, 11) is 0. The molecule has 0 aliphatic heterocycles. The first-order valence-corrected chi connectivity index (χ1v) is 3.09. The molecule has 0 N–H and O–H groups in total. The van der Waals surface area contributed by atoms with Crippen LogP contribution < -0.4 is 103 Å². The Kier molecular flexibility index (Phi) is 424. The molecule has 0 atom stereocenters. The summed E-state index contributed by atoms with van der Waals surface area (Å²) in [5.41, 5.74) is 0. The normalized spacial score (nSPS) is 3.19. The van der Waals surface area contributed by atoms with Crippen LogP contribution in [0.5, 0.6) is 0 Å². The zero-order valence-corrected chi connectivity index (χ0v) is 17.5. The summed E-state index contributed by atoms with van der Waals surface area (Å²) in [5.74, 6) is 0. The molecular weight excluding hydrogens is 258 g/mol. The minimum atomic E-state index is 0. The van der Waals surface area contributed by atoms with Crippen LogP contribution in [-0.4, -0.2) is 13.1 Å². The van der Waals surface area contributed by atoms with Gasteiger partial charge in [-0.3, -0.25) is 6.79 Å². The molecule has 0 aliphatic carbocycles. The average molecular weight is 280 g/mol. The van der Waals surface area contributed by atoms with E-state index in [2.05, 4.69) is 6.79 Å². The third-order valence-electron chi connectivity index (χ3n) is 0.325. The molecule has 4 nitrogen and oxygen atoms in total. The van der Waals surface area contributed by atoms with Crippen molar-refractivity contribution < 1.29 is 115 Å². The smallest absolute Gasteiger partial charge is 0.545 e. The Hall–Kier alpha value is 1.59. The molecule has 0 amide bonds. The molecule has 0 saturated carbocycles. The molecule has 0 rings (SSSR count). The van der Waals surface area contributed by atoms with Crippen LogP contribution in [0.4, 0.5) is 0 Å².